The standard InChI is InChI=1S/C13H16F3NO3/c1-9(2)20-11-6-4-3-5-10(11)17-12(18)7-19-8-13(14,15)16/h3-6,9H,7-8H2,1-2H3,(H,17,18). The minimum Gasteiger partial charge on any atom is -0.489 e. The quantitative estimate of drug-likeness (QED) is 0.876. The first kappa shape index (κ1) is 16.3. The molecule has 0 aliphatic heterocycles. The summed E-state index contributed by atoms with van der Waals surface area (Å²) in [7, 11) is 0. The second-order valence-electron chi connectivity index (χ2n) is 4.32. The van der Waals surface area contributed by atoms with Crippen LogP contribution in [0.3, 0.4) is 0 Å². The number of carbonyl (C=O) groups is 1. The monoisotopic (exact) mass is 291 g/mol. The van der Waals surface area contributed by atoms with Gasteiger partial charge in [-0.2, -0.15) is 13.2 Å². The topological polar surface area (TPSA) is 47.6 Å². The maximum atomic E-state index is 11.9. The van der Waals surface area contributed by atoms with E-state index in [2.05, 4.69) is 10.1 Å². The van der Waals surface area contributed by atoms with Crippen molar-refractivity contribution in [3.05, 3.63) is 24.3 Å². The maximum absolute atomic E-state index is 11.9. The SMILES string of the molecule is CC(C)Oc1ccccc1NC(=O)COCC(F)(F)F. The molecule has 4 nitrogen and oxygen atoms in total. The summed E-state index contributed by atoms with van der Waals surface area (Å²) >= 11 is 0. The molecule has 0 unspecified atom stereocenters. The number of para-hydroxylation sites is 2. The van der Waals surface area contributed by atoms with Crippen molar-refractivity contribution in [2.24, 2.45) is 0 Å². The summed E-state index contributed by atoms with van der Waals surface area (Å²) < 4.78 is 45.3. The number of halogens is 3. The fourth-order valence-electron chi connectivity index (χ4n) is 1.37. The first-order valence-corrected chi connectivity index (χ1v) is 5.98. The highest BCUT2D eigenvalue weighted by molar-refractivity contribution is 5.93. The molecule has 0 atom stereocenters. The molecule has 7 heteroatoms. The molecule has 1 N–H and O–H groups in total. The molecule has 1 amide bonds. The van der Waals surface area contributed by atoms with Crippen molar-refractivity contribution in [3.8, 4) is 5.75 Å². The number of rotatable bonds is 6. The van der Waals surface area contributed by atoms with Crippen LogP contribution in [0.2, 0.25) is 0 Å². The molecule has 0 saturated heterocycles. The van der Waals surface area contributed by atoms with Crippen molar-refractivity contribution in [2.45, 2.75) is 26.1 Å². The van der Waals surface area contributed by atoms with Crippen molar-refractivity contribution in [3.63, 3.8) is 0 Å². The van der Waals surface area contributed by atoms with Gasteiger partial charge in [-0.15, -0.1) is 0 Å². The molecular formula is C13H16F3NO3. The van der Waals surface area contributed by atoms with Gasteiger partial charge >= 0.3 is 6.18 Å². The predicted octanol–water partition coefficient (Wildman–Crippen LogP) is 2.99. The summed E-state index contributed by atoms with van der Waals surface area (Å²) in [6.07, 6.45) is -4.53. The summed E-state index contributed by atoms with van der Waals surface area (Å²) in [6, 6.07) is 6.67. The fourth-order valence-corrected chi connectivity index (χ4v) is 1.37. The number of nitrogens with one attached hydrogen (secondary N) is 1. The average Bonchev–Trinajstić information content (AvgIpc) is 2.29. The van der Waals surface area contributed by atoms with Crippen LogP contribution in [0.4, 0.5) is 18.9 Å². The third kappa shape index (κ3) is 6.42. The van der Waals surface area contributed by atoms with Crippen molar-refractivity contribution in [1.82, 2.24) is 0 Å². The number of ether oxygens (including phenoxy) is 2. The lowest BCUT2D eigenvalue weighted by atomic mass is 10.3. The third-order valence-corrected chi connectivity index (χ3v) is 2.02. The van der Waals surface area contributed by atoms with E-state index in [9.17, 15) is 18.0 Å². The van der Waals surface area contributed by atoms with Gasteiger partial charge in [0.05, 0.1) is 11.8 Å². The minimum absolute atomic E-state index is 0.0884. The molecule has 1 rings (SSSR count). The number of benzene rings is 1. The van der Waals surface area contributed by atoms with Crippen LogP contribution in [-0.2, 0) is 9.53 Å². The molecule has 0 spiro atoms. The molecule has 0 aliphatic rings. The predicted molar refractivity (Wildman–Crippen MR) is 67.7 cm³/mol. The molecule has 0 bridgehead atoms. The van der Waals surface area contributed by atoms with Gasteiger partial charge in [0.2, 0.25) is 5.91 Å². The van der Waals surface area contributed by atoms with E-state index in [0.29, 0.717) is 11.4 Å². The van der Waals surface area contributed by atoms with Crippen LogP contribution in [-0.4, -0.2) is 31.4 Å². The Kier molecular flexibility index (Phi) is 5.82. The Balaban J connectivity index is 2.53. The van der Waals surface area contributed by atoms with Gasteiger partial charge in [0, 0.05) is 0 Å². The number of alkyl halides is 3. The lowest BCUT2D eigenvalue weighted by Gasteiger charge is -2.15. The van der Waals surface area contributed by atoms with E-state index < -0.39 is 25.3 Å². The second-order valence-corrected chi connectivity index (χ2v) is 4.32. The van der Waals surface area contributed by atoms with Crippen LogP contribution in [0.5, 0.6) is 5.75 Å². The van der Waals surface area contributed by atoms with Crippen molar-refractivity contribution < 1.29 is 27.4 Å². The molecule has 1 aromatic rings. The average molecular weight is 291 g/mol. The fraction of sp³-hybridized carbons (Fsp3) is 0.462. The molecule has 0 saturated carbocycles. The smallest absolute Gasteiger partial charge is 0.411 e. The first-order valence-electron chi connectivity index (χ1n) is 5.98. The summed E-state index contributed by atoms with van der Waals surface area (Å²) in [4.78, 5) is 11.5. The zero-order valence-electron chi connectivity index (χ0n) is 11.2. The number of hydrogen-bond donors (Lipinski definition) is 1. The number of hydrogen-bond acceptors (Lipinski definition) is 3. The highest BCUT2D eigenvalue weighted by Gasteiger charge is 2.27. The number of amides is 1. The minimum atomic E-state index is -4.45. The lowest BCUT2D eigenvalue weighted by Crippen LogP contribution is -2.24. The normalized spacial score (nSPS) is 11.5. The Morgan fingerprint density at radius 3 is 2.55 bits per heavy atom. The van der Waals surface area contributed by atoms with Crippen LogP contribution in [0.15, 0.2) is 24.3 Å². The largest absolute Gasteiger partial charge is 0.489 e. The zero-order valence-corrected chi connectivity index (χ0v) is 11.2. The highest BCUT2D eigenvalue weighted by atomic mass is 19.4. The van der Waals surface area contributed by atoms with Gasteiger partial charge in [-0.3, -0.25) is 4.79 Å². The maximum Gasteiger partial charge on any atom is 0.411 e. The van der Waals surface area contributed by atoms with E-state index in [-0.39, 0.29) is 6.10 Å². The Hall–Kier alpha value is -1.76. The summed E-state index contributed by atoms with van der Waals surface area (Å²) in [5.74, 6) is -0.222. The molecule has 20 heavy (non-hydrogen) atoms. The summed E-state index contributed by atoms with van der Waals surface area (Å²) in [5.41, 5.74) is 0.391. The van der Waals surface area contributed by atoms with Gasteiger partial charge in [0.15, 0.2) is 0 Å². The number of anilines is 1. The zero-order chi connectivity index (χ0) is 15.2. The molecule has 112 valence electrons. The van der Waals surface area contributed by atoms with Gasteiger partial charge in [-0.25, -0.2) is 0 Å². The van der Waals surface area contributed by atoms with Crippen LogP contribution in [0.1, 0.15) is 13.8 Å². The lowest BCUT2D eigenvalue weighted by molar-refractivity contribution is -0.174. The van der Waals surface area contributed by atoms with Crippen LogP contribution < -0.4 is 10.1 Å². The van der Waals surface area contributed by atoms with Crippen LogP contribution >= 0.6 is 0 Å². The van der Waals surface area contributed by atoms with Crippen molar-refractivity contribution >= 4 is 11.6 Å². The summed E-state index contributed by atoms with van der Waals surface area (Å²) in [6.45, 7) is 1.52. The van der Waals surface area contributed by atoms with E-state index in [1.54, 1.807) is 24.3 Å². The van der Waals surface area contributed by atoms with Gasteiger partial charge in [0.25, 0.3) is 0 Å². The van der Waals surface area contributed by atoms with Gasteiger partial charge < -0.3 is 14.8 Å². The molecular weight excluding hydrogens is 275 g/mol. The molecule has 0 fully saturated rings. The molecule has 0 radical (unpaired) electrons. The van der Waals surface area contributed by atoms with Gasteiger partial charge in [-0.1, -0.05) is 12.1 Å². The van der Waals surface area contributed by atoms with E-state index >= 15 is 0 Å². The Morgan fingerprint density at radius 2 is 1.95 bits per heavy atom. The number of carbonyl (C=O) groups excluding carboxylic acids is 1. The first-order chi connectivity index (χ1) is 9.28. The Morgan fingerprint density at radius 1 is 1.30 bits per heavy atom. The Labute approximate surface area is 114 Å². The van der Waals surface area contributed by atoms with Crippen LogP contribution in [0.25, 0.3) is 0 Å². The molecule has 0 aliphatic carbocycles. The molecule has 0 aromatic heterocycles. The van der Waals surface area contributed by atoms with Crippen molar-refractivity contribution in [1.29, 1.82) is 0 Å². The molecule has 0 heterocycles. The highest BCUT2D eigenvalue weighted by Crippen LogP contribution is 2.24. The second kappa shape index (κ2) is 7.14. The Bertz CT molecular complexity index is 447. The van der Waals surface area contributed by atoms with Gasteiger partial charge in [0.1, 0.15) is 19.0 Å². The van der Waals surface area contributed by atoms with E-state index in [1.807, 2.05) is 13.8 Å². The van der Waals surface area contributed by atoms with Crippen LogP contribution in [0, 0.1) is 0 Å². The van der Waals surface area contributed by atoms with Gasteiger partial charge in [-0.05, 0) is 26.0 Å². The molecule has 1 aromatic carbocycles. The van der Waals surface area contributed by atoms with Crippen molar-refractivity contribution in [2.75, 3.05) is 18.5 Å². The van der Waals surface area contributed by atoms with E-state index in [4.69, 9.17) is 4.74 Å². The third-order valence-electron chi connectivity index (χ3n) is 2.02. The van der Waals surface area contributed by atoms with E-state index in [0.717, 1.165) is 0 Å². The van der Waals surface area contributed by atoms with E-state index in [1.165, 1.54) is 0 Å². The summed E-state index contributed by atoms with van der Waals surface area (Å²) in [5, 5.41) is 2.45.